The van der Waals surface area contributed by atoms with Crippen molar-refractivity contribution >= 4 is 22.9 Å². The van der Waals surface area contributed by atoms with Crippen molar-refractivity contribution in [3.8, 4) is 11.5 Å². The minimum absolute atomic E-state index is 0.0949. The van der Waals surface area contributed by atoms with Crippen LogP contribution in [-0.4, -0.2) is 16.1 Å². The molecular formula is C20H15N3O4. The van der Waals surface area contributed by atoms with Crippen LogP contribution in [0.5, 0.6) is 0 Å². The number of aromatic nitrogens is 2. The van der Waals surface area contributed by atoms with Gasteiger partial charge in [0.25, 0.3) is 5.91 Å². The van der Waals surface area contributed by atoms with Gasteiger partial charge in [0.2, 0.25) is 5.89 Å². The maximum atomic E-state index is 12.4. The Labute approximate surface area is 153 Å². The fourth-order valence-electron chi connectivity index (χ4n) is 2.82. The first-order valence-corrected chi connectivity index (χ1v) is 8.26. The van der Waals surface area contributed by atoms with Crippen LogP contribution in [-0.2, 0) is 0 Å². The second kappa shape index (κ2) is 6.53. The van der Waals surface area contributed by atoms with Gasteiger partial charge in [-0.15, -0.1) is 5.10 Å². The molecule has 0 atom stereocenters. The molecule has 0 bridgehead atoms. The summed E-state index contributed by atoms with van der Waals surface area (Å²) < 4.78 is 10.7. The van der Waals surface area contributed by atoms with E-state index in [1.54, 1.807) is 24.3 Å². The Bertz CT molecular complexity index is 1220. The number of para-hydroxylation sites is 1. The van der Waals surface area contributed by atoms with E-state index in [1.807, 2.05) is 32.0 Å². The van der Waals surface area contributed by atoms with Gasteiger partial charge in [0, 0.05) is 10.9 Å². The van der Waals surface area contributed by atoms with Crippen molar-refractivity contribution < 1.29 is 13.6 Å². The van der Waals surface area contributed by atoms with Crippen LogP contribution >= 0.6 is 0 Å². The standard InChI is InChI=1S/C20H15N3O4/c1-11-7-8-14(12(2)9-11)18-22-23-20(27-18)21-17(24)15-10-13-5-3-4-6-16(13)26-19(15)25/h3-10H,1-2H3,(H,21,23,24). The van der Waals surface area contributed by atoms with Gasteiger partial charge in [-0.25, -0.2) is 4.79 Å². The zero-order chi connectivity index (χ0) is 19.0. The van der Waals surface area contributed by atoms with E-state index in [2.05, 4.69) is 15.5 Å². The van der Waals surface area contributed by atoms with Gasteiger partial charge in [-0.05, 0) is 37.6 Å². The predicted molar refractivity (Wildman–Crippen MR) is 99.6 cm³/mol. The monoisotopic (exact) mass is 361 g/mol. The minimum atomic E-state index is -0.736. The molecule has 7 heteroatoms. The number of benzene rings is 2. The number of anilines is 1. The Kier molecular flexibility index (Phi) is 4.04. The zero-order valence-electron chi connectivity index (χ0n) is 14.6. The molecule has 0 spiro atoms. The first-order valence-electron chi connectivity index (χ1n) is 8.26. The summed E-state index contributed by atoms with van der Waals surface area (Å²) in [5.41, 5.74) is 2.41. The van der Waals surface area contributed by atoms with Gasteiger partial charge in [0.1, 0.15) is 11.1 Å². The van der Waals surface area contributed by atoms with Crippen LogP contribution in [0.15, 0.2) is 62.2 Å². The topological polar surface area (TPSA) is 98.2 Å². The molecule has 2 aromatic heterocycles. The number of hydrogen-bond acceptors (Lipinski definition) is 6. The predicted octanol–water partition coefficient (Wildman–Crippen LogP) is 3.71. The lowest BCUT2D eigenvalue weighted by Crippen LogP contribution is -2.20. The summed E-state index contributed by atoms with van der Waals surface area (Å²) in [5.74, 6) is -0.390. The zero-order valence-corrected chi connectivity index (χ0v) is 14.6. The van der Waals surface area contributed by atoms with E-state index in [9.17, 15) is 9.59 Å². The molecular weight excluding hydrogens is 346 g/mol. The Hall–Kier alpha value is -3.74. The second-order valence-electron chi connectivity index (χ2n) is 6.17. The summed E-state index contributed by atoms with van der Waals surface area (Å²) in [6.45, 7) is 3.93. The highest BCUT2D eigenvalue weighted by atomic mass is 16.4. The fraction of sp³-hybridized carbons (Fsp3) is 0.100. The van der Waals surface area contributed by atoms with Gasteiger partial charge in [0.05, 0.1) is 0 Å². The van der Waals surface area contributed by atoms with Crippen LogP contribution in [0.1, 0.15) is 21.5 Å². The van der Waals surface area contributed by atoms with E-state index in [1.165, 1.54) is 6.07 Å². The summed E-state index contributed by atoms with van der Waals surface area (Å²) >= 11 is 0. The molecule has 0 aliphatic heterocycles. The molecule has 4 rings (SSSR count). The average molecular weight is 361 g/mol. The summed E-state index contributed by atoms with van der Waals surface area (Å²) in [4.78, 5) is 24.5. The van der Waals surface area contributed by atoms with E-state index in [4.69, 9.17) is 8.83 Å². The lowest BCUT2D eigenvalue weighted by atomic mass is 10.1. The molecule has 2 aromatic carbocycles. The molecule has 1 amide bonds. The Morgan fingerprint density at radius 2 is 1.81 bits per heavy atom. The third-order valence-corrected chi connectivity index (χ3v) is 4.14. The third-order valence-electron chi connectivity index (χ3n) is 4.14. The van der Waals surface area contributed by atoms with E-state index < -0.39 is 11.5 Å². The summed E-state index contributed by atoms with van der Waals surface area (Å²) in [6, 6.07) is 14.1. The number of carbonyl (C=O) groups is 1. The molecule has 0 aliphatic rings. The SMILES string of the molecule is Cc1ccc(-c2nnc(NC(=O)c3cc4ccccc4oc3=O)o2)c(C)c1. The van der Waals surface area contributed by atoms with Crippen LogP contribution in [0, 0.1) is 13.8 Å². The number of nitrogens with one attached hydrogen (secondary N) is 1. The van der Waals surface area contributed by atoms with Gasteiger partial charge in [0.15, 0.2) is 0 Å². The number of amides is 1. The number of aryl methyl sites for hydroxylation is 2. The minimum Gasteiger partial charge on any atom is -0.422 e. The number of carbonyl (C=O) groups excluding carboxylic acids is 1. The summed E-state index contributed by atoms with van der Waals surface area (Å²) in [5, 5.41) is 10.9. The number of nitrogens with zero attached hydrogens (tertiary/aromatic N) is 2. The third kappa shape index (κ3) is 3.22. The smallest absolute Gasteiger partial charge is 0.349 e. The number of rotatable bonds is 3. The van der Waals surface area contributed by atoms with Gasteiger partial charge in [-0.3, -0.25) is 10.1 Å². The maximum Gasteiger partial charge on any atom is 0.349 e. The molecule has 0 saturated heterocycles. The van der Waals surface area contributed by atoms with Crippen molar-refractivity contribution in [2.45, 2.75) is 13.8 Å². The molecule has 0 radical (unpaired) electrons. The molecule has 4 aromatic rings. The molecule has 2 heterocycles. The molecule has 0 aliphatic carbocycles. The fourth-order valence-corrected chi connectivity index (χ4v) is 2.82. The van der Waals surface area contributed by atoms with E-state index in [0.717, 1.165) is 16.7 Å². The van der Waals surface area contributed by atoms with Gasteiger partial charge in [-0.1, -0.05) is 41.0 Å². The molecule has 7 nitrogen and oxygen atoms in total. The molecule has 0 fully saturated rings. The summed E-state index contributed by atoms with van der Waals surface area (Å²) in [7, 11) is 0. The highest BCUT2D eigenvalue weighted by Gasteiger charge is 2.18. The van der Waals surface area contributed by atoms with Crippen molar-refractivity contribution in [2.75, 3.05) is 5.32 Å². The van der Waals surface area contributed by atoms with Crippen molar-refractivity contribution in [3.05, 3.63) is 75.6 Å². The van der Waals surface area contributed by atoms with E-state index in [0.29, 0.717) is 11.0 Å². The Morgan fingerprint density at radius 1 is 1.00 bits per heavy atom. The van der Waals surface area contributed by atoms with Crippen LogP contribution < -0.4 is 10.9 Å². The molecule has 1 N–H and O–H groups in total. The first-order chi connectivity index (χ1) is 13.0. The van der Waals surface area contributed by atoms with Crippen LogP contribution in [0.4, 0.5) is 6.01 Å². The molecule has 0 saturated carbocycles. The van der Waals surface area contributed by atoms with Crippen molar-refractivity contribution in [3.63, 3.8) is 0 Å². The number of hydrogen-bond donors (Lipinski definition) is 1. The van der Waals surface area contributed by atoms with Gasteiger partial charge >= 0.3 is 11.6 Å². The molecule has 134 valence electrons. The largest absolute Gasteiger partial charge is 0.422 e. The lowest BCUT2D eigenvalue weighted by Gasteiger charge is -2.02. The average Bonchev–Trinajstić information content (AvgIpc) is 3.09. The normalized spacial score (nSPS) is 10.9. The van der Waals surface area contributed by atoms with Crippen LogP contribution in [0.25, 0.3) is 22.4 Å². The Balaban J connectivity index is 1.62. The van der Waals surface area contributed by atoms with Crippen molar-refractivity contribution in [1.29, 1.82) is 0 Å². The van der Waals surface area contributed by atoms with Crippen LogP contribution in [0.3, 0.4) is 0 Å². The molecule has 27 heavy (non-hydrogen) atoms. The maximum absolute atomic E-state index is 12.4. The Morgan fingerprint density at radius 3 is 2.63 bits per heavy atom. The number of fused-ring (bicyclic) bond motifs is 1. The summed E-state index contributed by atoms with van der Waals surface area (Å²) in [6.07, 6.45) is 0. The van der Waals surface area contributed by atoms with E-state index >= 15 is 0 Å². The second-order valence-corrected chi connectivity index (χ2v) is 6.17. The van der Waals surface area contributed by atoms with Crippen molar-refractivity contribution in [1.82, 2.24) is 10.2 Å². The van der Waals surface area contributed by atoms with E-state index in [-0.39, 0.29) is 17.5 Å². The van der Waals surface area contributed by atoms with Gasteiger partial charge < -0.3 is 8.83 Å². The highest BCUT2D eigenvalue weighted by molar-refractivity contribution is 6.04. The van der Waals surface area contributed by atoms with Crippen molar-refractivity contribution in [2.24, 2.45) is 0 Å². The van der Waals surface area contributed by atoms with Gasteiger partial charge in [-0.2, -0.15) is 0 Å². The first kappa shape index (κ1) is 16.7. The molecule has 0 unspecified atom stereocenters. The quantitative estimate of drug-likeness (QED) is 0.559. The van der Waals surface area contributed by atoms with Crippen LogP contribution in [0.2, 0.25) is 0 Å². The highest BCUT2D eigenvalue weighted by Crippen LogP contribution is 2.24. The lowest BCUT2D eigenvalue weighted by molar-refractivity contribution is 0.102.